The zero-order valence-corrected chi connectivity index (χ0v) is 78.1. The SMILES string of the molecule is c1ccc(-c2ccc(-c3nc4c(ccc5ccccc54)nc3-n3c4cccc5c4c4c(cccc43)-c3cccc4cccc-5c34)cc2)cc1.c1ccc(-c2cccc(-c3nc4ccc5ccccc5c4nc3-n3c4cccc5c4c4c(cccc43)-c3cccc4cccc-5c34)c2)cc1.c1ccc2cc(-c3nc4c(ccc5ccccc54)nc3-n3c4cccc5c4c4c(cccc43)-c3cccc4cccc-5c34)ccc2c1. The molecule has 24 aromatic carbocycles. The van der Waals surface area contributed by atoms with Crippen molar-refractivity contribution >= 4 is 174 Å². The summed E-state index contributed by atoms with van der Waals surface area (Å²) in [6, 6.07) is 172. The van der Waals surface area contributed by atoms with Crippen LogP contribution in [0.25, 0.3) is 314 Å². The molecule has 3 aliphatic carbocycles. The molecule has 6 heterocycles. The molecule has 9 heteroatoms. The number of aromatic nitrogens is 9. The van der Waals surface area contributed by atoms with Crippen LogP contribution >= 0.6 is 0 Å². The molecule has 0 amide bonds. The number of nitrogens with zero attached hydrogens (tertiary/aromatic N) is 9. The zero-order chi connectivity index (χ0) is 94.7. The molecule has 0 fully saturated rings. The van der Waals surface area contributed by atoms with E-state index in [0.717, 1.165) is 155 Å². The summed E-state index contributed by atoms with van der Waals surface area (Å²) < 4.78 is 7.08. The lowest BCUT2D eigenvalue weighted by Gasteiger charge is -2.16. The van der Waals surface area contributed by atoms with Crippen LogP contribution in [0.5, 0.6) is 0 Å². The molecule has 668 valence electrons. The molecule has 9 nitrogen and oxygen atoms in total. The molecule has 0 N–H and O–H groups in total. The second-order valence-corrected chi connectivity index (χ2v) is 38.4. The van der Waals surface area contributed by atoms with Crippen LogP contribution in [-0.4, -0.2) is 43.6 Å². The molecule has 0 aliphatic heterocycles. The third-order valence-electron chi connectivity index (χ3n) is 30.7. The standard InChI is InChI=1S/2C46H27N3.C44H25N3/c1-2-11-28(12-3-1)31-16-6-17-32(27-31)44-46(48-45-33-18-5-4-13-29(33)25-26-38(45)47-44)49-39-23-9-21-36-34-19-7-14-30-15-8-20-35(41(30)34)37-22-10-24-40(49)43(37)42(36)39;1-2-10-28(11-3-1)29-22-24-32(25-23-29)44-46(47-38-27-26-30-12-4-5-15-33(30)45(38)48-44)49-39-20-8-18-36-34-16-6-13-31-14-7-17-35(41(31)34)37-19-9-21-40(49)43(37)42(36)39;1-2-11-29-25-30(22-21-26(29)9-1)42-44(45-36-24-23-27-10-3-4-14-31(27)43(36)46-42)47-37-19-7-17-34-32-15-5-12-28-13-6-16-33(39(28)32)35-18-8-20-38(47)41(35)40(34)37/h2*1-27H;1-25H. The van der Waals surface area contributed by atoms with E-state index >= 15 is 0 Å². The topological polar surface area (TPSA) is 92.1 Å². The highest BCUT2D eigenvalue weighted by Crippen LogP contribution is 2.56. The van der Waals surface area contributed by atoms with Crippen molar-refractivity contribution in [3.05, 3.63) is 479 Å². The summed E-state index contributed by atoms with van der Waals surface area (Å²) in [5, 5.41) is 24.4. The van der Waals surface area contributed by atoms with Gasteiger partial charge in [0.05, 0.1) is 66.2 Å². The molecule has 6 aromatic heterocycles. The first-order valence-electron chi connectivity index (χ1n) is 49.6. The molecule has 145 heavy (non-hydrogen) atoms. The summed E-state index contributed by atoms with van der Waals surface area (Å²) in [7, 11) is 0. The summed E-state index contributed by atoms with van der Waals surface area (Å²) in [6.07, 6.45) is 0. The van der Waals surface area contributed by atoms with E-state index in [1.54, 1.807) is 0 Å². The van der Waals surface area contributed by atoms with Crippen molar-refractivity contribution < 1.29 is 0 Å². The summed E-state index contributed by atoms with van der Waals surface area (Å²) in [6.45, 7) is 0. The van der Waals surface area contributed by atoms with Gasteiger partial charge < -0.3 is 0 Å². The van der Waals surface area contributed by atoms with Gasteiger partial charge in [0.15, 0.2) is 17.5 Å². The Hall–Kier alpha value is -19.5. The maximum Gasteiger partial charge on any atom is 0.165 e. The van der Waals surface area contributed by atoms with Gasteiger partial charge in [-0.05, 0) is 215 Å². The predicted octanol–water partition coefficient (Wildman–Crippen LogP) is 35.5. The normalized spacial score (nSPS) is 12.1. The maximum absolute atomic E-state index is 5.61. The highest BCUT2D eigenvalue weighted by atomic mass is 15.1. The first-order valence-corrected chi connectivity index (χ1v) is 49.6. The highest BCUT2D eigenvalue weighted by molar-refractivity contribution is 6.31. The van der Waals surface area contributed by atoms with Crippen LogP contribution in [0.3, 0.4) is 0 Å². The molecular formula is C136H79N9. The van der Waals surface area contributed by atoms with Crippen LogP contribution in [0.15, 0.2) is 479 Å². The van der Waals surface area contributed by atoms with Crippen molar-refractivity contribution in [1.29, 1.82) is 0 Å². The van der Waals surface area contributed by atoms with Gasteiger partial charge >= 0.3 is 0 Å². The molecule has 0 saturated carbocycles. The lowest BCUT2D eigenvalue weighted by molar-refractivity contribution is 1.08. The van der Waals surface area contributed by atoms with Crippen LogP contribution < -0.4 is 0 Å². The smallest absolute Gasteiger partial charge is 0.165 e. The molecule has 33 rings (SSSR count). The number of fused-ring (bicyclic) bond motifs is 16. The monoisotopic (exact) mass is 1840 g/mol. The molecular weight excluding hydrogens is 1760 g/mol. The molecule has 0 spiro atoms. The van der Waals surface area contributed by atoms with E-state index in [2.05, 4.69) is 493 Å². The van der Waals surface area contributed by atoms with Gasteiger partial charge in [-0.2, -0.15) is 0 Å². The minimum Gasteiger partial charge on any atom is -0.292 e. The highest BCUT2D eigenvalue weighted by Gasteiger charge is 2.33. The summed E-state index contributed by atoms with van der Waals surface area (Å²) >= 11 is 0. The van der Waals surface area contributed by atoms with Crippen LogP contribution in [0, 0.1) is 0 Å². The van der Waals surface area contributed by atoms with Crippen LogP contribution in [-0.2, 0) is 0 Å². The molecule has 0 atom stereocenters. The summed E-state index contributed by atoms with van der Waals surface area (Å²) in [4.78, 5) is 33.1. The van der Waals surface area contributed by atoms with Crippen molar-refractivity contribution in [3.8, 4) is 140 Å². The Bertz CT molecular complexity index is 10600. The van der Waals surface area contributed by atoms with Gasteiger partial charge in [0.1, 0.15) is 17.1 Å². The van der Waals surface area contributed by atoms with E-state index in [9.17, 15) is 0 Å². The van der Waals surface area contributed by atoms with E-state index in [-0.39, 0.29) is 0 Å². The van der Waals surface area contributed by atoms with Crippen molar-refractivity contribution in [2.75, 3.05) is 0 Å². The molecule has 30 aromatic rings. The first kappa shape index (κ1) is 80.5. The van der Waals surface area contributed by atoms with Gasteiger partial charge in [-0.15, -0.1) is 0 Å². The lowest BCUT2D eigenvalue weighted by atomic mass is 9.93. The van der Waals surface area contributed by atoms with Crippen LogP contribution in [0.2, 0.25) is 0 Å². The van der Waals surface area contributed by atoms with Crippen molar-refractivity contribution in [1.82, 2.24) is 43.6 Å². The Morgan fingerprint density at radius 1 is 0.131 bits per heavy atom. The fourth-order valence-electron chi connectivity index (χ4n) is 24.4. The fraction of sp³-hybridized carbons (Fsp3) is 0. The quantitative estimate of drug-likeness (QED) is 0.141. The van der Waals surface area contributed by atoms with Gasteiger partial charge in [-0.25, -0.2) is 29.9 Å². The number of hydrogen-bond acceptors (Lipinski definition) is 6. The fourth-order valence-corrected chi connectivity index (χ4v) is 24.4. The van der Waals surface area contributed by atoms with Gasteiger partial charge in [0.2, 0.25) is 0 Å². The van der Waals surface area contributed by atoms with E-state index < -0.39 is 0 Å². The van der Waals surface area contributed by atoms with E-state index in [1.807, 2.05) is 0 Å². The van der Waals surface area contributed by atoms with E-state index in [4.69, 9.17) is 29.9 Å². The van der Waals surface area contributed by atoms with E-state index in [1.165, 1.54) is 159 Å². The van der Waals surface area contributed by atoms with Crippen molar-refractivity contribution in [2.45, 2.75) is 0 Å². The molecule has 3 aliphatic rings. The van der Waals surface area contributed by atoms with Crippen LogP contribution in [0.1, 0.15) is 0 Å². The first-order chi connectivity index (χ1) is 71.9. The third kappa shape index (κ3) is 12.1. The van der Waals surface area contributed by atoms with Gasteiger partial charge in [-0.3, -0.25) is 13.7 Å². The Balaban J connectivity index is 0.0000000990. The summed E-state index contributed by atoms with van der Waals surface area (Å²) in [5.74, 6) is 2.50. The zero-order valence-electron chi connectivity index (χ0n) is 78.1. The minimum absolute atomic E-state index is 0.829. The largest absolute Gasteiger partial charge is 0.292 e. The van der Waals surface area contributed by atoms with Crippen molar-refractivity contribution in [3.63, 3.8) is 0 Å². The number of rotatable bonds is 8. The van der Waals surface area contributed by atoms with E-state index in [0.29, 0.717) is 0 Å². The number of benzene rings is 24. The van der Waals surface area contributed by atoms with Crippen LogP contribution in [0.4, 0.5) is 0 Å². The minimum atomic E-state index is 0.829. The third-order valence-corrected chi connectivity index (χ3v) is 30.7. The molecule has 0 saturated heterocycles. The average molecular weight is 1840 g/mol. The van der Waals surface area contributed by atoms with Crippen molar-refractivity contribution in [2.24, 2.45) is 0 Å². The van der Waals surface area contributed by atoms with Gasteiger partial charge in [0.25, 0.3) is 0 Å². The second kappa shape index (κ2) is 31.5. The number of hydrogen-bond donors (Lipinski definition) is 0. The Morgan fingerprint density at radius 3 is 0.759 bits per heavy atom. The predicted molar refractivity (Wildman–Crippen MR) is 605 cm³/mol. The average Bonchev–Trinajstić information content (AvgIpc) is 1.55. The molecule has 0 bridgehead atoms. The Kier molecular flexibility index (Phi) is 17.5. The molecule has 0 radical (unpaired) electrons. The lowest BCUT2D eigenvalue weighted by Crippen LogP contribution is -2.04. The Morgan fingerprint density at radius 2 is 0.372 bits per heavy atom. The Labute approximate surface area is 831 Å². The maximum atomic E-state index is 5.61. The van der Waals surface area contributed by atoms with Gasteiger partial charge in [-0.1, -0.05) is 413 Å². The second-order valence-electron chi connectivity index (χ2n) is 38.4. The molecule has 0 unspecified atom stereocenters. The van der Waals surface area contributed by atoms with Gasteiger partial charge in [0, 0.05) is 65.2 Å². The summed E-state index contributed by atoms with van der Waals surface area (Å²) in [5.41, 5.74) is 37.6.